The molecule has 2 rings (SSSR count). The molecule has 1 radical (unpaired) electrons. The molecule has 0 aliphatic heterocycles. The molecule has 0 aliphatic rings. The standard InChI is InChI=1S/C9H5ClNO/c10-8-4-2-1-3-7(8)9-5-6-11-12-9/h1-5H. The number of rotatable bonds is 1. The summed E-state index contributed by atoms with van der Waals surface area (Å²) >= 11 is 5.91. The fourth-order valence-electron chi connectivity index (χ4n) is 0.975. The zero-order chi connectivity index (χ0) is 8.39. The lowest BCUT2D eigenvalue weighted by atomic mass is 10.2. The molecule has 1 heterocycles. The molecule has 0 N–H and O–H groups in total. The minimum absolute atomic E-state index is 0.639. The minimum atomic E-state index is 0.639. The number of halogens is 1. The van der Waals surface area contributed by atoms with E-state index in [-0.39, 0.29) is 0 Å². The van der Waals surface area contributed by atoms with Crippen LogP contribution in [0.3, 0.4) is 0 Å². The van der Waals surface area contributed by atoms with Gasteiger partial charge in [-0.3, -0.25) is 0 Å². The molecule has 3 heteroatoms. The largest absolute Gasteiger partial charge is 0.356 e. The first-order valence-electron chi connectivity index (χ1n) is 3.45. The second-order valence-electron chi connectivity index (χ2n) is 2.30. The van der Waals surface area contributed by atoms with Gasteiger partial charge in [-0.05, 0) is 12.1 Å². The molecule has 2 aromatic rings. The Hall–Kier alpha value is -1.28. The highest BCUT2D eigenvalue weighted by atomic mass is 35.5. The van der Waals surface area contributed by atoms with Crippen molar-refractivity contribution in [1.29, 1.82) is 0 Å². The summed E-state index contributed by atoms with van der Waals surface area (Å²) in [4.78, 5) is 0. The molecule has 0 bridgehead atoms. The van der Waals surface area contributed by atoms with Gasteiger partial charge in [-0.2, -0.15) is 0 Å². The summed E-state index contributed by atoms with van der Waals surface area (Å²) in [6.07, 6.45) is 2.58. The summed E-state index contributed by atoms with van der Waals surface area (Å²) in [7, 11) is 0. The summed E-state index contributed by atoms with van der Waals surface area (Å²) in [5.41, 5.74) is 0.841. The fourth-order valence-corrected chi connectivity index (χ4v) is 1.20. The molecule has 0 unspecified atom stereocenters. The molecule has 0 aliphatic carbocycles. The van der Waals surface area contributed by atoms with E-state index in [0.717, 1.165) is 5.56 Å². The van der Waals surface area contributed by atoms with Crippen molar-refractivity contribution in [3.05, 3.63) is 41.6 Å². The van der Waals surface area contributed by atoms with E-state index in [0.29, 0.717) is 10.8 Å². The van der Waals surface area contributed by atoms with Crippen LogP contribution in [0.2, 0.25) is 5.02 Å². The SMILES string of the molecule is Clc1ccccc1-c1c[c]no1. The van der Waals surface area contributed by atoms with E-state index in [1.807, 2.05) is 18.2 Å². The van der Waals surface area contributed by atoms with Crippen LogP contribution in [0, 0.1) is 6.20 Å². The Morgan fingerprint density at radius 1 is 1.33 bits per heavy atom. The molecule has 1 aromatic carbocycles. The second-order valence-corrected chi connectivity index (χ2v) is 2.71. The molecular weight excluding hydrogens is 174 g/mol. The number of hydrogen-bond donors (Lipinski definition) is 0. The molecule has 0 fully saturated rings. The van der Waals surface area contributed by atoms with Crippen molar-refractivity contribution in [3.63, 3.8) is 0 Å². The van der Waals surface area contributed by atoms with Gasteiger partial charge in [-0.15, -0.1) is 0 Å². The molecule has 2 nitrogen and oxygen atoms in total. The van der Waals surface area contributed by atoms with Crippen LogP contribution in [-0.2, 0) is 0 Å². The maximum absolute atomic E-state index is 5.91. The lowest BCUT2D eigenvalue weighted by Gasteiger charge is -1.96. The van der Waals surface area contributed by atoms with Crippen molar-refractivity contribution in [2.24, 2.45) is 0 Å². The van der Waals surface area contributed by atoms with Crippen LogP contribution < -0.4 is 0 Å². The van der Waals surface area contributed by atoms with Crippen molar-refractivity contribution in [2.45, 2.75) is 0 Å². The van der Waals surface area contributed by atoms with E-state index < -0.39 is 0 Å². The van der Waals surface area contributed by atoms with Gasteiger partial charge in [0.25, 0.3) is 0 Å². The molecule has 0 saturated heterocycles. The van der Waals surface area contributed by atoms with Gasteiger partial charge in [0, 0.05) is 11.6 Å². The third kappa shape index (κ3) is 1.21. The average molecular weight is 179 g/mol. The van der Waals surface area contributed by atoms with E-state index in [2.05, 4.69) is 11.4 Å². The van der Waals surface area contributed by atoms with Crippen molar-refractivity contribution in [3.8, 4) is 11.3 Å². The number of benzene rings is 1. The van der Waals surface area contributed by atoms with Crippen molar-refractivity contribution < 1.29 is 4.52 Å². The number of hydrogen-bond acceptors (Lipinski definition) is 2. The van der Waals surface area contributed by atoms with E-state index in [4.69, 9.17) is 16.1 Å². The minimum Gasteiger partial charge on any atom is -0.356 e. The highest BCUT2D eigenvalue weighted by Crippen LogP contribution is 2.26. The van der Waals surface area contributed by atoms with E-state index in [9.17, 15) is 0 Å². The first kappa shape index (κ1) is 7.37. The zero-order valence-corrected chi connectivity index (χ0v) is 6.88. The topological polar surface area (TPSA) is 26.0 Å². The number of nitrogens with zero attached hydrogens (tertiary/aromatic N) is 1. The lowest BCUT2D eigenvalue weighted by molar-refractivity contribution is 0.431. The number of aromatic nitrogens is 1. The molecule has 0 spiro atoms. The molecule has 0 saturated carbocycles. The first-order chi connectivity index (χ1) is 5.88. The van der Waals surface area contributed by atoms with Gasteiger partial charge in [0.1, 0.15) is 6.20 Å². The Labute approximate surface area is 74.8 Å². The molecule has 12 heavy (non-hydrogen) atoms. The van der Waals surface area contributed by atoms with Crippen molar-refractivity contribution in [1.82, 2.24) is 5.16 Å². The van der Waals surface area contributed by atoms with Gasteiger partial charge in [0.15, 0.2) is 5.76 Å². The van der Waals surface area contributed by atoms with Crippen LogP contribution in [0.4, 0.5) is 0 Å². The molecule has 0 amide bonds. The zero-order valence-electron chi connectivity index (χ0n) is 6.12. The fraction of sp³-hybridized carbons (Fsp3) is 0. The second kappa shape index (κ2) is 2.99. The van der Waals surface area contributed by atoms with Gasteiger partial charge in [0.05, 0.1) is 5.02 Å². The smallest absolute Gasteiger partial charge is 0.169 e. The third-order valence-electron chi connectivity index (χ3n) is 1.53. The normalized spacial score (nSPS) is 10.1. The predicted molar refractivity (Wildman–Crippen MR) is 45.8 cm³/mol. The Morgan fingerprint density at radius 2 is 2.17 bits per heavy atom. The highest BCUT2D eigenvalue weighted by Gasteiger charge is 2.04. The van der Waals surface area contributed by atoms with E-state index >= 15 is 0 Å². The van der Waals surface area contributed by atoms with Gasteiger partial charge >= 0.3 is 0 Å². The van der Waals surface area contributed by atoms with Gasteiger partial charge in [0.2, 0.25) is 0 Å². The Kier molecular flexibility index (Phi) is 1.84. The summed E-state index contributed by atoms with van der Waals surface area (Å²) < 4.78 is 4.91. The lowest BCUT2D eigenvalue weighted by Crippen LogP contribution is -1.73. The maximum Gasteiger partial charge on any atom is 0.169 e. The van der Waals surface area contributed by atoms with E-state index in [1.165, 1.54) is 0 Å². The monoisotopic (exact) mass is 178 g/mol. The predicted octanol–water partition coefficient (Wildman–Crippen LogP) is 2.80. The maximum atomic E-state index is 5.91. The van der Waals surface area contributed by atoms with Crippen LogP contribution >= 0.6 is 11.6 Å². The van der Waals surface area contributed by atoms with Gasteiger partial charge < -0.3 is 4.52 Å². The Morgan fingerprint density at radius 3 is 2.83 bits per heavy atom. The summed E-state index contributed by atoms with van der Waals surface area (Å²) in [5.74, 6) is 0.639. The highest BCUT2D eigenvalue weighted by molar-refractivity contribution is 6.33. The quantitative estimate of drug-likeness (QED) is 0.671. The summed E-state index contributed by atoms with van der Waals surface area (Å²) in [6.45, 7) is 0. The van der Waals surface area contributed by atoms with Crippen LogP contribution in [0.25, 0.3) is 11.3 Å². The molecular formula is C9H5ClNO. The third-order valence-corrected chi connectivity index (χ3v) is 1.86. The van der Waals surface area contributed by atoms with Crippen molar-refractivity contribution in [2.75, 3.05) is 0 Å². The van der Waals surface area contributed by atoms with Gasteiger partial charge in [-0.25, -0.2) is 0 Å². The summed E-state index contributed by atoms with van der Waals surface area (Å²) in [5, 5.41) is 4.14. The van der Waals surface area contributed by atoms with Crippen LogP contribution in [0.5, 0.6) is 0 Å². The Bertz CT molecular complexity index is 370. The van der Waals surface area contributed by atoms with Gasteiger partial charge in [-0.1, -0.05) is 28.9 Å². The average Bonchev–Trinajstić information content (AvgIpc) is 2.57. The van der Waals surface area contributed by atoms with E-state index in [1.54, 1.807) is 12.1 Å². The van der Waals surface area contributed by atoms with Crippen LogP contribution in [0.15, 0.2) is 34.9 Å². The van der Waals surface area contributed by atoms with Crippen LogP contribution in [-0.4, -0.2) is 5.16 Å². The first-order valence-corrected chi connectivity index (χ1v) is 3.83. The summed E-state index contributed by atoms with van der Waals surface area (Å²) in [6, 6.07) is 9.09. The van der Waals surface area contributed by atoms with Crippen molar-refractivity contribution >= 4 is 11.6 Å². The molecule has 0 atom stereocenters. The van der Waals surface area contributed by atoms with Crippen LogP contribution in [0.1, 0.15) is 0 Å². The Balaban J connectivity index is 2.55. The molecule has 1 aromatic heterocycles. The molecule has 59 valence electrons.